The van der Waals surface area contributed by atoms with Crippen LogP contribution in [0.3, 0.4) is 0 Å². The van der Waals surface area contributed by atoms with Crippen molar-refractivity contribution in [2.45, 2.75) is 18.3 Å². The molecule has 0 aliphatic carbocycles. The van der Waals surface area contributed by atoms with Crippen LogP contribution in [0.4, 0.5) is 0 Å². The van der Waals surface area contributed by atoms with E-state index in [0.717, 1.165) is 11.4 Å². The summed E-state index contributed by atoms with van der Waals surface area (Å²) in [7, 11) is 4.09. The van der Waals surface area contributed by atoms with E-state index in [4.69, 9.17) is 0 Å². The first-order valence-electron chi connectivity index (χ1n) is 7.03. The summed E-state index contributed by atoms with van der Waals surface area (Å²) in [6.45, 7) is 3.31. The van der Waals surface area contributed by atoms with Gasteiger partial charge in [0.05, 0.1) is 32.9 Å². The molecule has 2 rings (SSSR count). The first-order valence-corrected chi connectivity index (χ1v) is 8.96. The molecule has 21 heavy (non-hydrogen) atoms. The molecule has 116 valence electrons. The monoisotopic (exact) mass is 328 g/mol. The van der Waals surface area contributed by atoms with Crippen LogP contribution in [0.25, 0.3) is 0 Å². The summed E-state index contributed by atoms with van der Waals surface area (Å²) in [4.78, 5) is 28.5. The average molecular weight is 328 g/mol. The molecule has 2 N–H and O–H groups in total. The van der Waals surface area contributed by atoms with E-state index >= 15 is 0 Å². The van der Waals surface area contributed by atoms with Crippen LogP contribution in [0, 0.1) is 0 Å². The Kier molecular flexibility index (Phi) is 5.66. The normalized spacial score (nSPS) is 20.1. The number of thiophene rings is 1. The zero-order chi connectivity index (χ0) is 15.4. The number of likely N-dealkylation sites (N-methyl/N-ethyl adjacent to an activating group) is 1. The van der Waals surface area contributed by atoms with Crippen LogP contribution in [0.1, 0.15) is 17.2 Å². The molecule has 0 radical (unpaired) electrons. The molecule has 1 saturated heterocycles. The van der Waals surface area contributed by atoms with E-state index in [2.05, 4.69) is 5.32 Å². The van der Waals surface area contributed by atoms with Crippen LogP contribution in [-0.4, -0.2) is 55.7 Å². The van der Waals surface area contributed by atoms with E-state index < -0.39 is 6.04 Å². The molecule has 0 bridgehead atoms. The van der Waals surface area contributed by atoms with E-state index in [0.29, 0.717) is 12.3 Å². The highest BCUT2D eigenvalue weighted by Crippen LogP contribution is 2.41. The van der Waals surface area contributed by atoms with Crippen LogP contribution in [0.5, 0.6) is 0 Å². The third kappa shape index (κ3) is 3.99. The number of thioether (sulfide) groups is 1. The van der Waals surface area contributed by atoms with Crippen LogP contribution in [0.2, 0.25) is 0 Å². The van der Waals surface area contributed by atoms with Crippen molar-refractivity contribution < 1.29 is 14.5 Å². The number of quaternary nitrogens is 1. The third-order valence-corrected chi connectivity index (χ3v) is 5.70. The number of hydrogen-bond acceptors (Lipinski definition) is 4. The Morgan fingerprint density at radius 3 is 2.95 bits per heavy atom. The molecule has 0 unspecified atom stereocenters. The maximum atomic E-state index is 12.3. The Balaban J connectivity index is 2.00. The highest BCUT2D eigenvalue weighted by atomic mass is 32.2. The molecule has 1 aromatic heterocycles. The predicted molar refractivity (Wildman–Crippen MR) is 86.5 cm³/mol. The molecule has 1 aromatic rings. The maximum Gasteiger partial charge on any atom is 0.242 e. The second kappa shape index (κ2) is 7.29. The Hall–Kier alpha value is -1.05. The Labute approximate surface area is 133 Å². The first kappa shape index (κ1) is 16.3. The summed E-state index contributed by atoms with van der Waals surface area (Å²) in [5.41, 5.74) is 0. The number of hydrogen-bond donors (Lipinski definition) is 2. The third-order valence-electron chi connectivity index (χ3n) is 3.41. The Morgan fingerprint density at radius 2 is 2.33 bits per heavy atom. The van der Waals surface area contributed by atoms with Gasteiger partial charge >= 0.3 is 0 Å². The summed E-state index contributed by atoms with van der Waals surface area (Å²) >= 11 is 3.22. The van der Waals surface area contributed by atoms with Crippen molar-refractivity contribution >= 4 is 34.9 Å². The van der Waals surface area contributed by atoms with Crippen LogP contribution in [0.15, 0.2) is 17.5 Å². The van der Waals surface area contributed by atoms with Crippen LogP contribution in [-0.2, 0) is 9.59 Å². The fourth-order valence-electron chi connectivity index (χ4n) is 2.22. The van der Waals surface area contributed by atoms with Gasteiger partial charge in [0.15, 0.2) is 0 Å². The van der Waals surface area contributed by atoms with Crippen LogP contribution >= 0.6 is 23.1 Å². The minimum absolute atomic E-state index is 0.0299. The average Bonchev–Trinajstić information content (AvgIpc) is 3.06. The Morgan fingerprint density at radius 1 is 1.57 bits per heavy atom. The Bertz CT molecular complexity index is 490. The van der Waals surface area contributed by atoms with Crippen molar-refractivity contribution in [3.63, 3.8) is 0 Å². The topological polar surface area (TPSA) is 53.9 Å². The lowest BCUT2D eigenvalue weighted by Gasteiger charge is -2.28. The molecule has 0 aromatic carbocycles. The van der Waals surface area contributed by atoms with Crippen molar-refractivity contribution in [2.75, 3.05) is 32.9 Å². The number of rotatable bonds is 6. The van der Waals surface area contributed by atoms with Gasteiger partial charge in [0, 0.05) is 4.88 Å². The molecule has 2 amide bonds. The first-order chi connectivity index (χ1) is 10.0. The van der Waals surface area contributed by atoms with E-state index in [-0.39, 0.29) is 17.2 Å². The zero-order valence-electron chi connectivity index (χ0n) is 12.6. The van der Waals surface area contributed by atoms with Crippen molar-refractivity contribution in [1.82, 2.24) is 10.2 Å². The fourth-order valence-corrected chi connectivity index (χ4v) is 4.44. The van der Waals surface area contributed by atoms with Gasteiger partial charge in [-0.25, -0.2) is 0 Å². The number of carbonyl (C=O) groups is 2. The number of amides is 2. The lowest BCUT2D eigenvalue weighted by molar-refractivity contribution is -0.856. The second-order valence-electron chi connectivity index (χ2n) is 5.40. The van der Waals surface area contributed by atoms with Gasteiger partial charge in [-0.15, -0.1) is 23.1 Å². The van der Waals surface area contributed by atoms with Crippen molar-refractivity contribution in [1.29, 1.82) is 0 Å². The van der Waals surface area contributed by atoms with Crippen molar-refractivity contribution in [3.8, 4) is 0 Å². The SMILES string of the molecule is C[C@H](C(=O)NCC[NH+](C)C)N1C(=O)CS[C@@H]1c1cccs1. The van der Waals surface area contributed by atoms with Gasteiger partial charge in [0.25, 0.3) is 0 Å². The van der Waals surface area contributed by atoms with Crippen molar-refractivity contribution in [2.24, 2.45) is 0 Å². The zero-order valence-corrected chi connectivity index (χ0v) is 14.2. The standard InChI is InChI=1S/C14H21N3O2S2/c1-10(13(19)15-6-7-16(2)3)17-12(18)9-21-14(17)11-5-4-8-20-11/h4-5,8,10,14H,6-7,9H2,1-3H3,(H,15,19)/p+1/t10-,14-/m1/s1. The quantitative estimate of drug-likeness (QED) is 0.771. The molecule has 0 spiro atoms. The smallest absolute Gasteiger partial charge is 0.242 e. The predicted octanol–water partition coefficient (Wildman–Crippen LogP) is -0.0287. The van der Waals surface area contributed by atoms with Gasteiger partial charge in [-0.05, 0) is 18.4 Å². The molecule has 1 fully saturated rings. The second-order valence-corrected chi connectivity index (χ2v) is 7.45. The number of carbonyl (C=O) groups excluding carboxylic acids is 2. The van der Waals surface area contributed by atoms with E-state index in [9.17, 15) is 9.59 Å². The molecular formula is C14H22N3O2S2+. The highest BCUT2D eigenvalue weighted by Gasteiger charge is 2.39. The molecule has 7 heteroatoms. The lowest BCUT2D eigenvalue weighted by atomic mass is 10.2. The summed E-state index contributed by atoms with van der Waals surface area (Å²) in [6, 6.07) is 3.57. The summed E-state index contributed by atoms with van der Waals surface area (Å²) < 4.78 is 0. The molecule has 1 aliphatic rings. The van der Waals surface area contributed by atoms with Gasteiger partial charge < -0.3 is 15.1 Å². The maximum absolute atomic E-state index is 12.3. The fraction of sp³-hybridized carbons (Fsp3) is 0.571. The summed E-state index contributed by atoms with van der Waals surface area (Å²) in [5.74, 6) is 0.412. The van der Waals surface area contributed by atoms with Crippen LogP contribution < -0.4 is 10.2 Å². The van der Waals surface area contributed by atoms with Gasteiger partial charge in [0.2, 0.25) is 11.8 Å². The minimum atomic E-state index is -0.434. The summed E-state index contributed by atoms with van der Waals surface area (Å²) in [5, 5.41) is 4.89. The number of nitrogens with one attached hydrogen (secondary N) is 2. The van der Waals surface area contributed by atoms with Gasteiger partial charge in [-0.1, -0.05) is 6.07 Å². The van der Waals surface area contributed by atoms with E-state index in [1.165, 1.54) is 4.90 Å². The lowest BCUT2D eigenvalue weighted by Crippen LogP contribution is -3.06. The van der Waals surface area contributed by atoms with Gasteiger partial charge in [0.1, 0.15) is 11.4 Å². The summed E-state index contributed by atoms with van der Waals surface area (Å²) in [6.07, 6.45) is 0. The molecular weight excluding hydrogens is 306 g/mol. The minimum Gasteiger partial charge on any atom is -0.349 e. The molecule has 0 saturated carbocycles. The molecule has 2 heterocycles. The largest absolute Gasteiger partial charge is 0.349 e. The van der Waals surface area contributed by atoms with Gasteiger partial charge in [-0.2, -0.15) is 0 Å². The number of nitrogens with zero attached hydrogens (tertiary/aromatic N) is 1. The van der Waals surface area contributed by atoms with E-state index in [1.54, 1.807) is 28.0 Å². The molecule has 1 aliphatic heterocycles. The van der Waals surface area contributed by atoms with Crippen molar-refractivity contribution in [3.05, 3.63) is 22.4 Å². The molecule has 2 atom stereocenters. The highest BCUT2D eigenvalue weighted by molar-refractivity contribution is 8.00. The molecule has 5 nitrogen and oxygen atoms in total. The van der Waals surface area contributed by atoms with E-state index in [1.807, 2.05) is 38.5 Å². The van der Waals surface area contributed by atoms with Gasteiger partial charge in [-0.3, -0.25) is 9.59 Å².